The van der Waals surface area contributed by atoms with Crippen molar-refractivity contribution in [2.24, 2.45) is 0 Å². The van der Waals surface area contributed by atoms with Gasteiger partial charge in [0, 0.05) is 44.7 Å². The van der Waals surface area contributed by atoms with Crippen molar-refractivity contribution < 1.29 is 18.7 Å². The van der Waals surface area contributed by atoms with E-state index in [0.29, 0.717) is 26.1 Å². The third kappa shape index (κ3) is 4.49. The quantitative estimate of drug-likeness (QED) is 0.860. The van der Waals surface area contributed by atoms with Gasteiger partial charge in [-0.05, 0) is 24.6 Å². The van der Waals surface area contributed by atoms with Crippen LogP contribution in [0.4, 0.5) is 8.78 Å². The first-order chi connectivity index (χ1) is 11.4. The van der Waals surface area contributed by atoms with Gasteiger partial charge in [-0.15, -0.1) is 0 Å². The van der Waals surface area contributed by atoms with Crippen LogP contribution >= 0.6 is 0 Å². The van der Waals surface area contributed by atoms with Crippen molar-refractivity contribution in [3.63, 3.8) is 0 Å². The van der Waals surface area contributed by atoms with Crippen molar-refractivity contribution in [3.8, 4) is 6.07 Å². The molecule has 2 rings (SSSR count). The third-order valence-electron chi connectivity index (χ3n) is 4.30. The van der Waals surface area contributed by atoms with Crippen molar-refractivity contribution in [3.05, 3.63) is 35.4 Å². The minimum atomic E-state index is -0.635. The van der Waals surface area contributed by atoms with Crippen LogP contribution in [0.25, 0.3) is 0 Å². The number of carbonyl (C=O) groups excluding carboxylic acids is 1. The van der Waals surface area contributed by atoms with Gasteiger partial charge in [-0.1, -0.05) is 0 Å². The number of hydrogen-bond acceptors (Lipinski definition) is 4. The van der Waals surface area contributed by atoms with Gasteiger partial charge >= 0.3 is 0 Å². The van der Waals surface area contributed by atoms with Crippen molar-refractivity contribution in [1.82, 2.24) is 9.80 Å². The standard InChI is InChI=1S/C17H21F2N3O2/c1-21(7-2-6-20)17(24)5-8-22-11-13(23)10-16(22)14-9-12(18)3-4-15(14)19/h3-4,9,13,16,23H,2,5,7-8,10-11H2,1H3/t13-,16-/m0/s1. The average Bonchev–Trinajstić information content (AvgIpc) is 2.93. The summed E-state index contributed by atoms with van der Waals surface area (Å²) in [6, 6.07) is 4.81. The molecule has 1 N–H and O–H groups in total. The van der Waals surface area contributed by atoms with Crippen molar-refractivity contribution in [2.75, 3.05) is 26.7 Å². The largest absolute Gasteiger partial charge is 0.392 e. The van der Waals surface area contributed by atoms with Crippen LogP contribution in [0.15, 0.2) is 18.2 Å². The highest BCUT2D eigenvalue weighted by Gasteiger charge is 2.34. The molecule has 130 valence electrons. The molecule has 1 aromatic rings. The normalized spacial score (nSPS) is 20.8. The van der Waals surface area contributed by atoms with E-state index in [2.05, 4.69) is 0 Å². The molecule has 7 heteroatoms. The lowest BCUT2D eigenvalue weighted by molar-refractivity contribution is -0.130. The molecule has 24 heavy (non-hydrogen) atoms. The van der Waals surface area contributed by atoms with Crippen LogP contribution in [0.3, 0.4) is 0 Å². The zero-order valence-electron chi connectivity index (χ0n) is 13.6. The van der Waals surface area contributed by atoms with Gasteiger partial charge in [0.2, 0.25) is 5.91 Å². The summed E-state index contributed by atoms with van der Waals surface area (Å²) < 4.78 is 27.4. The predicted molar refractivity (Wildman–Crippen MR) is 83.8 cm³/mol. The Morgan fingerprint density at radius 2 is 2.25 bits per heavy atom. The van der Waals surface area contributed by atoms with E-state index in [1.165, 1.54) is 4.90 Å². The van der Waals surface area contributed by atoms with Gasteiger partial charge in [-0.25, -0.2) is 8.78 Å². The fraction of sp³-hybridized carbons (Fsp3) is 0.529. The van der Waals surface area contributed by atoms with E-state index in [9.17, 15) is 18.7 Å². The molecular weight excluding hydrogens is 316 g/mol. The third-order valence-corrected chi connectivity index (χ3v) is 4.30. The summed E-state index contributed by atoms with van der Waals surface area (Å²) >= 11 is 0. The number of carbonyl (C=O) groups is 1. The van der Waals surface area contributed by atoms with Crippen LogP contribution in [0, 0.1) is 23.0 Å². The Kier molecular flexibility index (Phi) is 6.23. The van der Waals surface area contributed by atoms with E-state index in [-0.39, 0.29) is 24.3 Å². The summed E-state index contributed by atoms with van der Waals surface area (Å²) in [6.45, 7) is 1.02. The van der Waals surface area contributed by atoms with Gasteiger partial charge in [-0.3, -0.25) is 9.69 Å². The molecule has 1 aliphatic heterocycles. The lowest BCUT2D eigenvalue weighted by Crippen LogP contribution is -2.33. The van der Waals surface area contributed by atoms with E-state index in [4.69, 9.17) is 5.26 Å². The molecule has 0 radical (unpaired) electrons. The van der Waals surface area contributed by atoms with E-state index >= 15 is 0 Å². The molecular formula is C17H21F2N3O2. The zero-order valence-corrected chi connectivity index (χ0v) is 13.6. The number of rotatable bonds is 6. The summed E-state index contributed by atoms with van der Waals surface area (Å²) in [5.41, 5.74) is 0.205. The number of aliphatic hydroxyl groups is 1. The highest BCUT2D eigenvalue weighted by atomic mass is 19.1. The zero-order chi connectivity index (χ0) is 17.7. The number of nitrogens with zero attached hydrogens (tertiary/aromatic N) is 3. The average molecular weight is 337 g/mol. The number of benzene rings is 1. The molecule has 2 atom stereocenters. The Bertz CT molecular complexity index is 633. The summed E-state index contributed by atoms with van der Waals surface area (Å²) in [5.74, 6) is -1.16. The molecule has 0 saturated carbocycles. The van der Waals surface area contributed by atoms with E-state index in [1.807, 2.05) is 6.07 Å². The van der Waals surface area contributed by atoms with Gasteiger partial charge in [0.05, 0.1) is 18.6 Å². The number of halogens is 2. The Labute approximate surface area is 140 Å². The number of β-amino-alcohol motifs (C(OH)–C–C–N with tert-alkyl or cyclic N) is 1. The van der Waals surface area contributed by atoms with Crippen LogP contribution in [0.2, 0.25) is 0 Å². The minimum Gasteiger partial charge on any atom is -0.392 e. The van der Waals surface area contributed by atoms with E-state index in [1.54, 1.807) is 11.9 Å². The van der Waals surface area contributed by atoms with E-state index < -0.39 is 23.8 Å². The lowest BCUT2D eigenvalue weighted by atomic mass is 10.0. The minimum absolute atomic E-state index is 0.120. The molecule has 0 unspecified atom stereocenters. The van der Waals surface area contributed by atoms with Gasteiger partial charge < -0.3 is 10.0 Å². The molecule has 1 fully saturated rings. The van der Waals surface area contributed by atoms with Crippen LogP contribution in [0.1, 0.15) is 30.9 Å². The highest BCUT2D eigenvalue weighted by molar-refractivity contribution is 5.76. The van der Waals surface area contributed by atoms with Gasteiger partial charge in [0.15, 0.2) is 0 Å². The molecule has 1 saturated heterocycles. The van der Waals surface area contributed by atoms with E-state index in [0.717, 1.165) is 18.2 Å². The Morgan fingerprint density at radius 3 is 2.96 bits per heavy atom. The first-order valence-corrected chi connectivity index (χ1v) is 7.90. The Hall–Kier alpha value is -2.04. The topological polar surface area (TPSA) is 67.6 Å². The highest BCUT2D eigenvalue weighted by Crippen LogP contribution is 2.34. The number of nitriles is 1. The number of aliphatic hydroxyl groups excluding tert-OH is 1. The summed E-state index contributed by atoms with van der Waals surface area (Å²) in [7, 11) is 1.63. The van der Waals surface area contributed by atoms with Gasteiger partial charge in [-0.2, -0.15) is 5.26 Å². The second kappa shape index (κ2) is 8.18. The van der Waals surface area contributed by atoms with Gasteiger partial charge in [0.25, 0.3) is 0 Å². The second-order valence-corrected chi connectivity index (χ2v) is 6.04. The molecule has 0 aliphatic carbocycles. The second-order valence-electron chi connectivity index (χ2n) is 6.04. The van der Waals surface area contributed by atoms with Crippen LogP contribution in [-0.2, 0) is 4.79 Å². The van der Waals surface area contributed by atoms with Crippen molar-refractivity contribution in [2.45, 2.75) is 31.4 Å². The Balaban J connectivity index is 2.02. The molecule has 0 spiro atoms. The molecule has 1 aromatic carbocycles. The predicted octanol–water partition coefficient (Wildman–Crippen LogP) is 1.83. The molecule has 5 nitrogen and oxygen atoms in total. The van der Waals surface area contributed by atoms with Crippen LogP contribution < -0.4 is 0 Å². The fourth-order valence-electron chi connectivity index (χ4n) is 2.99. The molecule has 1 amide bonds. The molecule has 1 aliphatic rings. The maximum absolute atomic E-state index is 14.0. The number of amides is 1. The monoisotopic (exact) mass is 337 g/mol. The molecule has 1 heterocycles. The van der Waals surface area contributed by atoms with Crippen molar-refractivity contribution >= 4 is 5.91 Å². The Morgan fingerprint density at radius 1 is 1.50 bits per heavy atom. The first kappa shape index (κ1) is 18.3. The van der Waals surface area contributed by atoms with Crippen LogP contribution in [-0.4, -0.2) is 53.6 Å². The maximum Gasteiger partial charge on any atom is 0.223 e. The summed E-state index contributed by atoms with van der Waals surface area (Å²) in [6.07, 6.45) is 0.131. The summed E-state index contributed by atoms with van der Waals surface area (Å²) in [5, 5.41) is 18.4. The first-order valence-electron chi connectivity index (χ1n) is 7.90. The smallest absolute Gasteiger partial charge is 0.223 e. The molecule has 0 aromatic heterocycles. The van der Waals surface area contributed by atoms with Crippen molar-refractivity contribution in [1.29, 1.82) is 5.26 Å². The van der Waals surface area contributed by atoms with Crippen LogP contribution in [0.5, 0.6) is 0 Å². The number of hydrogen-bond donors (Lipinski definition) is 1. The lowest BCUT2D eigenvalue weighted by Gasteiger charge is -2.25. The van der Waals surface area contributed by atoms with Gasteiger partial charge in [0.1, 0.15) is 11.6 Å². The SMILES string of the molecule is CN(CCC#N)C(=O)CCN1C[C@@H](O)C[C@H]1c1cc(F)ccc1F. The molecule has 0 bridgehead atoms. The maximum atomic E-state index is 14.0. The summed E-state index contributed by atoms with van der Waals surface area (Å²) in [4.78, 5) is 15.3. The fourth-order valence-corrected chi connectivity index (χ4v) is 2.99. The number of likely N-dealkylation sites (tertiary alicyclic amines) is 1.